The number of aromatic amines is 1. The Morgan fingerprint density at radius 1 is 1.50 bits per heavy atom. The molecule has 0 unspecified atom stereocenters. The molecule has 0 saturated carbocycles. The van der Waals surface area contributed by atoms with Crippen molar-refractivity contribution in [1.29, 1.82) is 0 Å². The molecular weight excluding hydrogens is 258 g/mol. The van der Waals surface area contributed by atoms with Gasteiger partial charge in [0.1, 0.15) is 5.75 Å². The zero-order valence-corrected chi connectivity index (χ0v) is 11.3. The first-order valence-electron chi connectivity index (χ1n) is 6.15. The van der Waals surface area contributed by atoms with E-state index in [1.807, 2.05) is 24.4 Å². The largest absolute Gasteiger partial charge is 0.497 e. The van der Waals surface area contributed by atoms with Gasteiger partial charge in [0.25, 0.3) is 6.08 Å². The van der Waals surface area contributed by atoms with E-state index in [2.05, 4.69) is 10.1 Å². The molecular formula is C14H15N3O3. The lowest BCUT2D eigenvalue weighted by molar-refractivity contribution is -0.128. The van der Waals surface area contributed by atoms with E-state index in [1.165, 1.54) is 13.0 Å². The standard InChI is InChI=1S/C14H15N3O3/c1-10(19)17(16-9-18)6-5-11-8-15-14-4-3-12(20-2)7-13(11)14/h3-4,7-8,15H,5-6H2,1-2H3. The number of isocyanates is 1. The van der Waals surface area contributed by atoms with E-state index in [4.69, 9.17) is 4.74 Å². The van der Waals surface area contributed by atoms with Crippen LogP contribution in [-0.4, -0.2) is 35.6 Å². The van der Waals surface area contributed by atoms with Crippen LogP contribution in [-0.2, 0) is 16.0 Å². The number of hydrogen-bond acceptors (Lipinski definition) is 4. The van der Waals surface area contributed by atoms with E-state index in [-0.39, 0.29) is 5.91 Å². The molecule has 1 aromatic heterocycles. The van der Waals surface area contributed by atoms with Gasteiger partial charge in [-0.05, 0) is 30.2 Å². The first-order chi connectivity index (χ1) is 9.65. The lowest BCUT2D eigenvalue weighted by atomic mass is 10.1. The lowest BCUT2D eigenvalue weighted by Crippen LogP contribution is -2.25. The molecule has 6 nitrogen and oxygen atoms in total. The number of carbonyl (C=O) groups excluding carboxylic acids is 2. The van der Waals surface area contributed by atoms with E-state index < -0.39 is 0 Å². The highest BCUT2D eigenvalue weighted by atomic mass is 16.5. The number of nitrogens with zero attached hydrogens (tertiary/aromatic N) is 2. The van der Waals surface area contributed by atoms with E-state index in [9.17, 15) is 9.59 Å². The molecule has 2 aromatic rings. The maximum absolute atomic E-state index is 11.3. The molecule has 0 aliphatic carbocycles. The zero-order valence-electron chi connectivity index (χ0n) is 11.3. The third-order valence-electron chi connectivity index (χ3n) is 3.09. The summed E-state index contributed by atoms with van der Waals surface area (Å²) in [5.74, 6) is 0.485. The number of amides is 1. The molecule has 1 N–H and O–H groups in total. The number of hydrazone groups is 1. The van der Waals surface area contributed by atoms with Crippen molar-refractivity contribution in [3.8, 4) is 5.75 Å². The second-order valence-electron chi connectivity index (χ2n) is 4.31. The Balaban J connectivity index is 2.21. The van der Waals surface area contributed by atoms with Gasteiger partial charge in [-0.2, -0.15) is 0 Å². The Labute approximate surface area is 116 Å². The molecule has 6 heteroatoms. The van der Waals surface area contributed by atoms with Crippen molar-refractivity contribution < 1.29 is 14.3 Å². The summed E-state index contributed by atoms with van der Waals surface area (Å²) in [6, 6.07) is 5.74. The summed E-state index contributed by atoms with van der Waals surface area (Å²) < 4.78 is 5.20. The Hall–Kier alpha value is -2.59. The number of hydrogen-bond donors (Lipinski definition) is 1. The summed E-state index contributed by atoms with van der Waals surface area (Å²) in [5, 5.41) is 5.51. The quantitative estimate of drug-likeness (QED) is 0.513. The Kier molecular flexibility index (Phi) is 4.17. The van der Waals surface area contributed by atoms with E-state index >= 15 is 0 Å². The molecule has 0 fully saturated rings. The second-order valence-corrected chi connectivity index (χ2v) is 4.31. The summed E-state index contributed by atoms with van der Waals surface area (Å²) in [6.45, 7) is 1.69. The minimum atomic E-state index is -0.286. The summed E-state index contributed by atoms with van der Waals surface area (Å²) in [5.41, 5.74) is 2.03. The summed E-state index contributed by atoms with van der Waals surface area (Å²) in [4.78, 5) is 24.7. The van der Waals surface area contributed by atoms with Crippen LogP contribution in [0.2, 0.25) is 0 Å². The Morgan fingerprint density at radius 3 is 2.95 bits per heavy atom. The molecule has 0 aliphatic rings. The van der Waals surface area contributed by atoms with Gasteiger partial charge in [0, 0.05) is 30.6 Å². The maximum Gasteiger partial charge on any atom is 0.258 e. The first-order valence-corrected chi connectivity index (χ1v) is 6.15. The van der Waals surface area contributed by atoms with Gasteiger partial charge >= 0.3 is 0 Å². The molecule has 20 heavy (non-hydrogen) atoms. The molecule has 1 amide bonds. The van der Waals surface area contributed by atoms with Crippen molar-refractivity contribution in [2.75, 3.05) is 13.7 Å². The van der Waals surface area contributed by atoms with Crippen molar-refractivity contribution >= 4 is 22.9 Å². The minimum Gasteiger partial charge on any atom is -0.497 e. The molecule has 1 heterocycles. The SMILES string of the molecule is COc1ccc2[nH]cc(CCN(N=C=O)C(C)=O)c2c1. The Bertz CT molecular complexity index is 669. The van der Waals surface area contributed by atoms with Crippen molar-refractivity contribution in [2.24, 2.45) is 5.10 Å². The van der Waals surface area contributed by atoms with Crippen LogP contribution in [0.25, 0.3) is 10.9 Å². The van der Waals surface area contributed by atoms with Crippen LogP contribution in [0.5, 0.6) is 5.75 Å². The monoisotopic (exact) mass is 273 g/mol. The van der Waals surface area contributed by atoms with Crippen LogP contribution in [0.15, 0.2) is 29.5 Å². The highest BCUT2D eigenvalue weighted by Crippen LogP contribution is 2.24. The predicted molar refractivity (Wildman–Crippen MR) is 74.1 cm³/mol. The van der Waals surface area contributed by atoms with E-state index in [0.717, 1.165) is 27.2 Å². The average Bonchev–Trinajstić information content (AvgIpc) is 2.85. The number of methoxy groups -OCH3 is 1. The number of nitrogens with one attached hydrogen (secondary N) is 1. The van der Waals surface area contributed by atoms with Crippen molar-refractivity contribution in [3.05, 3.63) is 30.0 Å². The molecule has 0 radical (unpaired) electrons. The van der Waals surface area contributed by atoms with Gasteiger partial charge in [-0.25, -0.2) is 9.80 Å². The van der Waals surface area contributed by atoms with Gasteiger partial charge in [-0.1, -0.05) is 5.10 Å². The third kappa shape index (κ3) is 2.87. The topological polar surface area (TPSA) is 74.8 Å². The molecule has 0 spiro atoms. The fourth-order valence-electron chi connectivity index (χ4n) is 2.04. The highest BCUT2D eigenvalue weighted by molar-refractivity contribution is 5.84. The van der Waals surface area contributed by atoms with Crippen LogP contribution < -0.4 is 4.74 Å². The van der Waals surface area contributed by atoms with Gasteiger partial charge in [0.2, 0.25) is 5.91 Å². The number of H-pyrrole nitrogens is 1. The highest BCUT2D eigenvalue weighted by Gasteiger charge is 2.10. The maximum atomic E-state index is 11.3. The van der Waals surface area contributed by atoms with Crippen LogP contribution in [0.3, 0.4) is 0 Å². The summed E-state index contributed by atoms with van der Waals surface area (Å²) in [6.07, 6.45) is 3.85. The van der Waals surface area contributed by atoms with Crippen molar-refractivity contribution in [1.82, 2.24) is 9.99 Å². The van der Waals surface area contributed by atoms with Crippen molar-refractivity contribution in [2.45, 2.75) is 13.3 Å². The number of fused-ring (bicyclic) bond motifs is 1. The summed E-state index contributed by atoms with van der Waals surface area (Å²) >= 11 is 0. The minimum absolute atomic E-state index is 0.286. The number of benzene rings is 1. The molecule has 0 saturated heterocycles. The predicted octanol–water partition coefficient (Wildman–Crippen LogP) is 1.82. The fourth-order valence-corrected chi connectivity index (χ4v) is 2.04. The Morgan fingerprint density at radius 2 is 2.30 bits per heavy atom. The normalized spacial score (nSPS) is 10.1. The van der Waals surface area contributed by atoms with Crippen LogP contribution in [0, 0.1) is 0 Å². The number of carbonyl (C=O) groups is 1. The zero-order chi connectivity index (χ0) is 14.5. The van der Waals surface area contributed by atoms with Crippen LogP contribution in [0.4, 0.5) is 0 Å². The molecule has 1 aromatic carbocycles. The number of rotatable bonds is 5. The van der Waals surface area contributed by atoms with Crippen LogP contribution >= 0.6 is 0 Å². The van der Waals surface area contributed by atoms with Gasteiger partial charge in [0.05, 0.1) is 7.11 Å². The van der Waals surface area contributed by atoms with Gasteiger partial charge in [-0.3, -0.25) is 4.79 Å². The molecule has 0 aliphatic heterocycles. The van der Waals surface area contributed by atoms with Crippen molar-refractivity contribution in [3.63, 3.8) is 0 Å². The third-order valence-corrected chi connectivity index (χ3v) is 3.09. The molecule has 2 rings (SSSR count). The molecule has 104 valence electrons. The number of ether oxygens (including phenoxy) is 1. The summed E-state index contributed by atoms with van der Waals surface area (Å²) in [7, 11) is 1.61. The van der Waals surface area contributed by atoms with Gasteiger partial charge in [0.15, 0.2) is 0 Å². The van der Waals surface area contributed by atoms with Gasteiger partial charge < -0.3 is 9.72 Å². The van der Waals surface area contributed by atoms with E-state index in [0.29, 0.717) is 13.0 Å². The average molecular weight is 273 g/mol. The van der Waals surface area contributed by atoms with E-state index in [1.54, 1.807) is 7.11 Å². The second kappa shape index (κ2) is 6.04. The lowest BCUT2D eigenvalue weighted by Gasteiger charge is -2.11. The number of aromatic nitrogens is 1. The molecule has 0 bridgehead atoms. The van der Waals surface area contributed by atoms with Crippen LogP contribution in [0.1, 0.15) is 12.5 Å². The first kappa shape index (κ1) is 13.8. The smallest absolute Gasteiger partial charge is 0.258 e. The van der Waals surface area contributed by atoms with Gasteiger partial charge in [-0.15, -0.1) is 0 Å². The molecule has 0 atom stereocenters. The fraction of sp³-hybridized carbons (Fsp3) is 0.286.